The highest BCUT2D eigenvalue weighted by Gasteiger charge is 2.24. The summed E-state index contributed by atoms with van der Waals surface area (Å²) in [6, 6.07) is 5.26. The molecule has 0 saturated carbocycles. The fraction of sp³-hybridized carbons (Fsp3) is 0.222. The molecular formula is C18H21BFN5O3. The Kier molecular flexibility index (Phi) is 5.26. The van der Waals surface area contributed by atoms with Gasteiger partial charge in [0.2, 0.25) is 0 Å². The van der Waals surface area contributed by atoms with E-state index in [-0.39, 0.29) is 23.5 Å². The van der Waals surface area contributed by atoms with Crippen molar-refractivity contribution in [1.29, 1.82) is 0 Å². The van der Waals surface area contributed by atoms with Crippen molar-refractivity contribution in [1.82, 2.24) is 14.9 Å². The molecule has 0 aliphatic rings. The molecule has 0 saturated heterocycles. The Morgan fingerprint density at radius 1 is 1.46 bits per heavy atom. The maximum Gasteiger partial charge on any atom is 0.278 e. The largest absolute Gasteiger partial charge is 0.397 e. The Bertz CT molecular complexity index is 1040. The number of imidazole rings is 1. The molecule has 1 aromatic carbocycles. The van der Waals surface area contributed by atoms with Crippen molar-refractivity contribution in [3.8, 4) is 0 Å². The van der Waals surface area contributed by atoms with E-state index in [9.17, 15) is 9.90 Å². The summed E-state index contributed by atoms with van der Waals surface area (Å²) >= 11 is 0. The number of amides is 1. The number of aliphatic hydroxyl groups excluding tert-OH is 1. The lowest BCUT2D eigenvalue weighted by Crippen LogP contribution is -2.38. The minimum absolute atomic E-state index is 0.0169. The molecule has 5 N–H and O–H groups in total. The number of aromatic nitrogens is 2. The number of hydrogen-bond donors (Lipinski definition) is 4. The number of nitrogens with zero attached hydrogens (tertiary/aromatic N) is 2. The monoisotopic (exact) mass is 385 g/mol. The predicted octanol–water partition coefficient (Wildman–Crippen LogP) is 0.490. The first-order valence-electron chi connectivity index (χ1n) is 8.59. The molecule has 0 fully saturated rings. The van der Waals surface area contributed by atoms with Gasteiger partial charge in [-0.25, -0.2) is 14.9 Å². The molecular weight excluding hydrogens is 364 g/mol. The van der Waals surface area contributed by atoms with Gasteiger partial charge in [0, 0.05) is 18.6 Å². The number of hydrogen-bond acceptors (Lipinski definition) is 6. The Labute approximate surface area is 161 Å². The highest BCUT2D eigenvalue weighted by Crippen LogP contribution is 2.29. The number of fused-ring (bicyclic) bond motifs is 1. The summed E-state index contributed by atoms with van der Waals surface area (Å²) in [7, 11) is 1.89. The third-order valence-electron chi connectivity index (χ3n) is 4.13. The number of pyridine rings is 1. The summed E-state index contributed by atoms with van der Waals surface area (Å²) in [5, 5.41) is 12.2. The van der Waals surface area contributed by atoms with E-state index in [0.29, 0.717) is 11.4 Å². The van der Waals surface area contributed by atoms with Gasteiger partial charge in [0.1, 0.15) is 13.4 Å². The minimum atomic E-state index is -0.998. The maximum absolute atomic E-state index is 15.1. The van der Waals surface area contributed by atoms with E-state index in [1.807, 2.05) is 13.9 Å². The van der Waals surface area contributed by atoms with Gasteiger partial charge in [-0.1, -0.05) is 11.5 Å². The SMILES string of the molecule is Bc1ccc(Nc2c(C(=O)NOC(C)(C)CO)cn3ccnc3c2F)c(N)c1. The number of carbonyl (C=O) groups excluding carboxylic acids is 1. The minimum Gasteiger partial charge on any atom is -0.397 e. The van der Waals surface area contributed by atoms with E-state index in [1.54, 1.807) is 26.0 Å². The van der Waals surface area contributed by atoms with Crippen LogP contribution in [-0.2, 0) is 4.84 Å². The standard InChI is InChI=1S/C18H21BFN5O3/c1-18(2,9-26)28-24-17(27)11-8-25-6-5-22-16(25)14(20)15(11)23-13-4-3-10(19)7-12(13)21/h3-8,23,26H,9,19,21H2,1-2H3,(H,24,27). The zero-order valence-corrected chi connectivity index (χ0v) is 15.8. The molecule has 0 aliphatic carbocycles. The van der Waals surface area contributed by atoms with Gasteiger partial charge < -0.3 is 20.6 Å². The van der Waals surface area contributed by atoms with Crippen LogP contribution in [0, 0.1) is 5.82 Å². The van der Waals surface area contributed by atoms with Crippen molar-refractivity contribution >= 4 is 41.9 Å². The van der Waals surface area contributed by atoms with E-state index in [4.69, 9.17) is 10.6 Å². The molecule has 1 amide bonds. The molecule has 10 heteroatoms. The number of nitrogens with one attached hydrogen (secondary N) is 2. The molecule has 3 rings (SSSR count). The van der Waals surface area contributed by atoms with Gasteiger partial charge in [-0.05, 0) is 26.0 Å². The Balaban J connectivity index is 2.03. The van der Waals surface area contributed by atoms with Crippen LogP contribution in [0.5, 0.6) is 0 Å². The molecule has 0 atom stereocenters. The second-order valence-corrected chi connectivity index (χ2v) is 7.06. The van der Waals surface area contributed by atoms with Crippen molar-refractivity contribution < 1.29 is 19.1 Å². The van der Waals surface area contributed by atoms with E-state index >= 15 is 4.39 Å². The summed E-state index contributed by atoms with van der Waals surface area (Å²) in [6.45, 7) is 2.88. The molecule has 0 unspecified atom stereocenters. The molecule has 2 aromatic heterocycles. The third-order valence-corrected chi connectivity index (χ3v) is 4.13. The Hall–Kier alpha value is -3.11. The number of carbonyl (C=O) groups is 1. The summed E-state index contributed by atoms with van der Waals surface area (Å²) in [4.78, 5) is 21.9. The van der Waals surface area contributed by atoms with E-state index in [1.165, 1.54) is 23.0 Å². The van der Waals surface area contributed by atoms with Crippen LogP contribution in [0.3, 0.4) is 0 Å². The summed E-state index contributed by atoms with van der Waals surface area (Å²) in [5.41, 5.74) is 9.03. The van der Waals surface area contributed by atoms with Crippen molar-refractivity contribution in [2.75, 3.05) is 17.7 Å². The van der Waals surface area contributed by atoms with Gasteiger partial charge in [-0.15, -0.1) is 0 Å². The number of rotatable bonds is 6. The molecule has 146 valence electrons. The lowest BCUT2D eigenvalue weighted by molar-refractivity contribution is -0.0956. The fourth-order valence-electron chi connectivity index (χ4n) is 2.52. The highest BCUT2D eigenvalue weighted by molar-refractivity contribution is 6.32. The number of hydroxylamine groups is 1. The van der Waals surface area contributed by atoms with E-state index in [0.717, 1.165) is 5.46 Å². The number of aliphatic hydroxyl groups is 1. The van der Waals surface area contributed by atoms with Crippen LogP contribution in [-0.4, -0.2) is 40.5 Å². The van der Waals surface area contributed by atoms with Crippen molar-refractivity contribution in [2.24, 2.45) is 0 Å². The van der Waals surface area contributed by atoms with Crippen molar-refractivity contribution in [2.45, 2.75) is 19.4 Å². The first-order chi connectivity index (χ1) is 13.2. The van der Waals surface area contributed by atoms with Gasteiger partial charge >= 0.3 is 0 Å². The number of nitrogens with two attached hydrogens (primary N) is 1. The topological polar surface area (TPSA) is 114 Å². The lowest BCUT2D eigenvalue weighted by atomic mass is 9.95. The lowest BCUT2D eigenvalue weighted by Gasteiger charge is -2.22. The van der Waals surface area contributed by atoms with Gasteiger partial charge in [-0.2, -0.15) is 0 Å². The quantitative estimate of drug-likeness (QED) is 0.279. The average Bonchev–Trinajstić information content (AvgIpc) is 3.12. The smallest absolute Gasteiger partial charge is 0.278 e. The van der Waals surface area contributed by atoms with Crippen LogP contribution in [0.4, 0.5) is 21.5 Å². The molecule has 28 heavy (non-hydrogen) atoms. The van der Waals surface area contributed by atoms with Crippen molar-refractivity contribution in [3.63, 3.8) is 0 Å². The number of anilines is 3. The molecule has 8 nitrogen and oxygen atoms in total. The van der Waals surface area contributed by atoms with Crippen LogP contribution in [0.25, 0.3) is 5.65 Å². The van der Waals surface area contributed by atoms with Crippen LogP contribution in [0.1, 0.15) is 24.2 Å². The van der Waals surface area contributed by atoms with Crippen LogP contribution < -0.4 is 22.0 Å². The summed E-state index contributed by atoms with van der Waals surface area (Å²) < 4.78 is 16.5. The molecule has 0 spiro atoms. The summed E-state index contributed by atoms with van der Waals surface area (Å²) in [6.07, 6.45) is 4.38. The van der Waals surface area contributed by atoms with Crippen LogP contribution >= 0.6 is 0 Å². The van der Waals surface area contributed by atoms with Gasteiger partial charge in [0.25, 0.3) is 5.91 Å². The number of nitrogen functional groups attached to an aromatic ring is 1. The molecule has 0 radical (unpaired) electrons. The van der Waals surface area contributed by atoms with E-state index in [2.05, 4.69) is 15.8 Å². The molecule has 2 heterocycles. The Morgan fingerprint density at radius 3 is 2.89 bits per heavy atom. The highest BCUT2D eigenvalue weighted by atomic mass is 19.1. The maximum atomic E-state index is 15.1. The first kappa shape index (κ1) is 19.7. The van der Waals surface area contributed by atoms with Gasteiger partial charge in [0.05, 0.1) is 29.2 Å². The number of benzene rings is 1. The molecule has 0 aliphatic heterocycles. The zero-order chi connectivity index (χ0) is 20.5. The number of halogens is 1. The first-order valence-corrected chi connectivity index (χ1v) is 8.59. The predicted molar refractivity (Wildman–Crippen MR) is 107 cm³/mol. The van der Waals surface area contributed by atoms with Crippen molar-refractivity contribution in [3.05, 3.63) is 48.2 Å². The normalized spacial score (nSPS) is 11.6. The Morgan fingerprint density at radius 2 is 2.21 bits per heavy atom. The van der Waals surface area contributed by atoms with Gasteiger partial charge in [-0.3, -0.25) is 9.63 Å². The van der Waals surface area contributed by atoms with Crippen LogP contribution in [0.15, 0.2) is 36.8 Å². The third kappa shape index (κ3) is 3.92. The second-order valence-electron chi connectivity index (χ2n) is 7.06. The van der Waals surface area contributed by atoms with Crippen LogP contribution in [0.2, 0.25) is 0 Å². The van der Waals surface area contributed by atoms with E-state index < -0.39 is 17.3 Å². The molecule has 3 aromatic rings. The summed E-state index contributed by atoms with van der Waals surface area (Å²) in [5.74, 6) is -1.40. The van der Waals surface area contributed by atoms with Gasteiger partial charge in [0.15, 0.2) is 11.5 Å². The fourth-order valence-corrected chi connectivity index (χ4v) is 2.52. The average molecular weight is 385 g/mol. The zero-order valence-electron chi connectivity index (χ0n) is 15.8. The molecule has 0 bridgehead atoms. The second kappa shape index (κ2) is 7.49.